The summed E-state index contributed by atoms with van der Waals surface area (Å²) in [6.45, 7) is 0.509. The monoisotopic (exact) mass is 410 g/mol. The maximum absolute atomic E-state index is 12.5. The van der Waals surface area contributed by atoms with Crippen LogP contribution in [0.3, 0.4) is 0 Å². The van der Waals surface area contributed by atoms with E-state index in [1.807, 2.05) is 6.07 Å². The molecule has 0 radical (unpaired) electrons. The third-order valence-corrected chi connectivity index (χ3v) is 4.72. The van der Waals surface area contributed by atoms with Crippen molar-refractivity contribution < 1.29 is 24.1 Å². The van der Waals surface area contributed by atoms with Crippen LogP contribution in [0, 0.1) is 0 Å². The van der Waals surface area contributed by atoms with Gasteiger partial charge in [0.05, 0.1) is 12.2 Å². The molecule has 7 heteroatoms. The van der Waals surface area contributed by atoms with Gasteiger partial charge in [-0.1, -0.05) is 27.5 Å². The van der Waals surface area contributed by atoms with Gasteiger partial charge in [-0.2, -0.15) is 0 Å². The zero-order valence-corrected chi connectivity index (χ0v) is 14.6. The molecule has 2 aliphatic rings. The van der Waals surface area contributed by atoms with E-state index < -0.39 is 18.0 Å². The second-order valence-electron chi connectivity index (χ2n) is 5.58. The third kappa shape index (κ3) is 2.59. The fraction of sp³-hybridized carbons (Fsp3) is 0.235. The molecule has 0 unspecified atom stereocenters. The zero-order chi connectivity index (χ0) is 16.8. The molecule has 0 amide bonds. The predicted molar refractivity (Wildman–Crippen MR) is 89.6 cm³/mol. The quantitative estimate of drug-likeness (QED) is 0.776. The maximum atomic E-state index is 12.5. The number of benzene rings is 2. The third-order valence-electron chi connectivity index (χ3n) is 4.03. The second-order valence-corrected chi connectivity index (χ2v) is 6.93. The Kier molecular flexibility index (Phi) is 4.00. The van der Waals surface area contributed by atoms with E-state index in [4.69, 9.17) is 25.8 Å². The summed E-state index contributed by atoms with van der Waals surface area (Å²) in [5, 5.41) is 10.9. The standard InChI is InChI=1S/C17H12BrClO5/c18-9-3-8-6-22-7-23-16(8)12(4-9)17-15(21)14(20)11-5-10(19)1-2-13(11)24-17/h1-5,15,17,21H,6-7H2/t15-,17-/m0/s1. The van der Waals surface area contributed by atoms with Gasteiger partial charge in [0.2, 0.25) is 0 Å². The van der Waals surface area contributed by atoms with Crippen molar-refractivity contribution in [2.24, 2.45) is 0 Å². The lowest BCUT2D eigenvalue weighted by atomic mass is 9.92. The first kappa shape index (κ1) is 15.9. The molecule has 0 spiro atoms. The molecule has 4 rings (SSSR count). The number of fused-ring (bicyclic) bond motifs is 2. The number of carbonyl (C=O) groups excluding carboxylic acids is 1. The highest BCUT2D eigenvalue weighted by Gasteiger charge is 2.39. The highest BCUT2D eigenvalue weighted by Crippen LogP contribution is 2.42. The fourth-order valence-electron chi connectivity index (χ4n) is 2.95. The molecule has 0 fully saturated rings. The van der Waals surface area contributed by atoms with Crippen molar-refractivity contribution in [3.05, 3.63) is 56.5 Å². The minimum atomic E-state index is -1.35. The average molecular weight is 412 g/mol. The van der Waals surface area contributed by atoms with Crippen molar-refractivity contribution >= 4 is 33.3 Å². The number of aliphatic hydroxyl groups excluding tert-OH is 1. The van der Waals surface area contributed by atoms with Crippen LogP contribution < -0.4 is 9.47 Å². The fourth-order valence-corrected chi connectivity index (χ4v) is 3.64. The molecule has 2 aliphatic heterocycles. The van der Waals surface area contributed by atoms with E-state index in [0.717, 1.165) is 10.0 Å². The van der Waals surface area contributed by atoms with Gasteiger partial charge in [-0.15, -0.1) is 0 Å². The zero-order valence-electron chi connectivity index (χ0n) is 12.3. The number of Topliss-reactive ketones (excluding diaryl/α,β-unsaturated/α-hetero) is 1. The molecule has 0 saturated heterocycles. The summed E-state index contributed by atoms with van der Waals surface area (Å²) < 4.78 is 17.6. The van der Waals surface area contributed by atoms with Crippen molar-refractivity contribution in [2.75, 3.05) is 6.79 Å². The first-order chi connectivity index (χ1) is 11.5. The Morgan fingerprint density at radius 1 is 1.25 bits per heavy atom. The molecule has 0 aliphatic carbocycles. The predicted octanol–water partition coefficient (Wildman–Crippen LogP) is 3.65. The van der Waals surface area contributed by atoms with Gasteiger partial charge in [0.15, 0.2) is 24.8 Å². The Morgan fingerprint density at radius 3 is 2.92 bits per heavy atom. The molecule has 124 valence electrons. The van der Waals surface area contributed by atoms with E-state index in [1.165, 1.54) is 6.07 Å². The lowest BCUT2D eigenvalue weighted by molar-refractivity contribution is -0.0214. The van der Waals surface area contributed by atoms with Crippen LogP contribution in [0.4, 0.5) is 0 Å². The molecule has 2 atom stereocenters. The average Bonchev–Trinajstić information content (AvgIpc) is 2.58. The van der Waals surface area contributed by atoms with Crippen molar-refractivity contribution in [3.8, 4) is 11.5 Å². The van der Waals surface area contributed by atoms with E-state index >= 15 is 0 Å². The Hall–Kier alpha value is -1.60. The van der Waals surface area contributed by atoms with Gasteiger partial charge in [-0.05, 0) is 30.3 Å². The van der Waals surface area contributed by atoms with Crippen LogP contribution in [0.5, 0.6) is 11.5 Å². The number of hydrogen-bond donors (Lipinski definition) is 1. The molecule has 1 N–H and O–H groups in total. The van der Waals surface area contributed by atoms with Gasteiger partial charge in [-0.3, -0.25) is 4.79 Å². The topological polar surface area (TPSA) is 65.0 Å². The van der Waals surface area contributed by atoms with Crippen molar-refractivity contribution in [1.29, 1.82) is 0 Å². The molecule has 2 aromatic rings. The van der Waals surface area contributed by atoms with Gasteiger partial charge in [0.1, 0.15) is 11.5 Å². The van der Waals surface area contributed by atoms with Crippen LogP contribution in [0.25, 0.3) is 0 Å². The molecule has 2 heterocycles. The lowest BCUT2D eigenvalue weighted by Crippen LogP contribution is -2.36. The Balaban J connectivity index is 1.82. The van der Waals surface area contributed by atoms with E-state index in [2.05, 4.69) is 15.9 Å². The van der Waals surface area contributed by atoms with Crippen LogP contribution in [0.2, 0.25) is 5.02 Å². The summed E-state index contributed by atoms with van der Waals surface area (Å²) in [4.78, 5) is 12.5. The molecule has 24 heavy (non-hydrogen) atoms. The minimum Gasteiger partial charge on any atom is -0.482 e. The molecule has 0 bridgehead atoms. The largest absolute Gasteiger partial charge is 0.482 e. The minimum absolute atomic E-state index is 0.116. The summed E-state index contributed by atoms with van der Waals surface area (Å²) >= 11 is 9.36. The first-order valence-corrected chi connectivity index (χ1v) is 8.43. The molecule has 0 aromatic heterocycles. The van der Waals surface area contributed by atoms with Crippen LogP contribution in [-0.2, 0) is 11.3 Å². The van der Waals surface area contributed by atoms with Crippen molar-refractivity contribution in [2.45, 2.75) is 18.8 Å². The summed E-state index contributed by atoms with van der Waals surface area (Å²) in [6, 6.07) is 8.43. The van der Waals surface area contributed by atoms with Crippen molar-refractivity contribution in [3.63, 3.8) is 0 Å². The summed E-state index contributed by atoms with van der Waals surface area (Å²) in [5.41, 5.74) is 1.71. The lowest BCUT2D eigenvalue weighted by Gasteiger charge is -2.32. The maximum Gasteiger partial charge on any atom is 0.199 e. The molecular formula is C17H12BrClO5. The molecule has 5 nitrogen and oxygen atoms in total. The van der Waals surface area contributed by atoms with Gasteiger partial charge in [0, 0.05) is 20.6 Å². The number of aliphatic hydroxyl groups is 1. The molecule has 0 saturated carbocycles. The molecular weight excluding hydrogens is 400 g/mol. The Labute approximate surface area is 151 Å². The van der Waals surface area contributed by atoms with Crippen LogP contribution in [0.15, 0.2) is 34.8 Å². The summed E-state index contributed by atoms with van der Waals surface area (Å²) in [7, 11) is 0. The van der Waals surface area contributed by atoms with E-state index in [1.54, 1.807) is 18.2 Å². The van der Waals surface area contributed by atoms with Crippen LogP contribution in [-0.4, -0.2) is 23.8 Å². The molecule has 2 aromatic carbocycles. The van der Waals surface area contributed by atoms with Gasteiger partial charge in [-0.25, -0.2) is 0 Å². The van der Waals surface area contributed by atoms with E-state index in [9.17, 15) is 9.90 Å². The van der Waals surface area contributed by atoms with Crippen LogP contribution in [0.1, 0.15) is 27.6 Å². The van der Waals surface area contributed by atoms with Gasteiger partial charge >= 0.3 is 0 Å². The SMILES string of the molecule is O=C1c2cc(Cl)ccc2O[C@@H](c2cc(Br)cc3c2OCOC3)[C@H]1O. The summed E-state index contributed by atoms with van der Waals surface area (Å²) in [5.74, 6) is 0.545. The number of carbonyl (C=O) groups is 1. The highest BCUT2D eigenvalue weighted by molar-refractivity contribution is 9.10. The van der Waals surface area contributed by atoms with Crippen LogP contribution >= 0.6 is 27.5 Å². The van der Waals surface area contributed by atoms with Gasteiger partial charge in [0.25, 0.3) is 0 Å². The van der Waals surface area contributed by atoms with E-state index in [-0.39, 0.29) is 12.4 Å². The van der Waals surface area contributed by atoms with Crippen molar-refractivity contribution in [1.82, 2.24) is 0 Å². The number of hydrogen-bond acceptors (Lipinski definition) is 5. The number of rotatable bonds is 1. The summed E-state index contributed by atoms with van der Waals surface area (Å²) in [6.07, 6.45) is -2.21. The number of ketones is 1. The Morgan fingerprint density at radius 2 is 2.08 bits per heavy atom. The highest BCUT2D eigenvalue weighted by atomic mass is 79.9. The first-order valence-electron chi connectivity index (χ1n) is 7.26. The van der Waals surface area contributed by atoms with E-state index in [0.29, 0.717) is 28.7 Å². The normalized spacial score (nSPS) is 22.2. The van der Waals surface area contributed by atoms with Gasteiger partial charge < -0.3 is 19.3 Å². The smallest absolute Gasteiger partial charge is 0.199 e. The Bertz CT molecular complexity index is 838. The number of halogens is 2. The number of ether oxygens (including phenoxy) is 3. The second kappa shape index (κ2) is 6.04.